The summed E-state index contributed by atoms with van der Waals surface area (Å²) in [5.41, 5.74) is 7.27. The largest absolute Gasteiger partial charge is 0.379 e. The van der Waals surface area contributed by atoms with Crippen molar-refractivity contribution in [2.24, 2.45) is 5.73 Å². The van der Waals surface area contributed by atoms with Gasteiger partial charge in [0.2, 0.25) is 5.91 Å². The van der Waals surface area contributed by atoms with Gasteiger partial charge in [0.05, 0.1) is 84.9 Å². The molecule has 0 spiro atoms. The maximum atomic E-state index is 12.3. The Balaban J connectivity index is 1.60. The van der Waals surface area contributed by atoms with Crippen LogP contribution < -0.4 is 11.1 Å². The molecule has 0 bridgehead atoms. The van der Waals surface area contributed by atoms with Gasteiger partial charge in [-0.25, -0.2) is 4.68 Å². The summed E-state index contributed by atoms with van der Waals surface area (Å²) in [7, 11) is 0. The first-order chi connectivity index (χ1) is 19.8. The Morgan fingerprint density at radius 1 is 0.850 bits per heavy atom. The summed E-state index contributed by atoms with van der Waals surface area (Å²) in [6.45, 7) is 10.0. The van der Waals surface area contributed by atoms with E-state index in [1.807, 2.05) is 4.68 Å². The Bertz CT molecular complexity index is 755. The molecule has 2 rings (SSSR count). The van der Waals surface area contributed by atoms with E-state index < -0.39 is 0 Å². The maximum absolute atomic E-state index is 12.3. The highest BCUT2D eigenvalue weighted by atomic mass is 16.5. The van der Waals surface area contributed by atoms with Crippen LogP contribution in [0.25, 0.3) is 0 Å². The first-order valence-corrected chi connectivity index (χ1v) is 14.7. The summed E-state index contributed by atoms with van der Waals surface area (Å²) in [5.74, 6) is -0.175. The number of carbonyl (C=O) groups is 1. The predicted octanol–water partition coefficient (Wildman–Crippen LogP) is 1.04. The number of aromatic nitrogens is 3. The van der Waals surface area contributed by atoms with Gasteiger partial charge in [0, 0.05) is 19.7 Å². The molecule has 3 N–H and O–H groups in total. The van der Waals surface area contributed by atoms with E-state index in [0.29, 0.717) is 92.3 Å². The van der Waals surface area contributed by atoms with Crippen LogP contribution in [0.5, 0.6) is 0 Å². The fourth-order valence-electron chi connectivity index (χ4n) is 4.08. The van der Waals surface area contributed by atoms with Crippen LogP contribution >= 0.6 is 0 Å². The smallest absolute Gasteiger partial charge is 0.246 e. The van der Waals surface area contributed by atoms with Gasteiger partial charge in [0.25, 0.3) is 0 Å². The molecule has 13 heteroatoms. The number of ether oxygens (including phenoxy) is 7. The van der Waals surface area contributed by atoms with E-state index in [1.165, 1.54) is 0 Å². The molecule has 40 heavy (non-hydrogen) atoms. The number of nitrogens with zero attached hydrogens (tertiary/aromatic N) is 3. The molecule has 1 amide bonds. The topological polar surface area (TPSA) is 150 Å². The van der Waals surface area contributed by atoms with Crippen LogP contribution in [0, 0.1) is 0 Å². The third-order valence-corrected chi connectivity index (χ3v) is 6.08. The van der Waals surface area contributed by atoms with Crippen molar-refractivity contribution >= 4 is 5.91 Å². The lowest BCUT2D eigenvalue weighted by Gasteiger charge is -2.20. The molecule has 0 saturated carbocycles. The third-order valence-electron chi connectivity index (χ3n) is 6.08. The summed E-state index contributed by atoms with van der Waals surface area (Å²) in [6, 6.07) is 0. The zero-order valence-corrected chi connectivity index (χ0v) is 24.3. The van der Waals surface area contributed by atoms with Crippen molar-refractivity contribution in [3.63, 3.8) is 0 Å². The molecule has 1 aliphatic rings. The fraction of sp³-hybridized carbons (Fsp3) is 0.889. The summed E-state index contributed by atoms with van der Waals surface area (Å²) >= 11 is 0. The lowest BCUT2D eigenvalue weighted by Crippen LogP contribution is -2.31. The van der Waals surface area contributed by atoms with Crippen LogP contribution in [-0.4, -0.2) is 120 Å². The minimum Gasteiger partial charge on any atom is -0.379 e. The van der Waals surface area contributed by atoms with Crippen LogP contribution in [0.1, 0.15) is 56.5 Å². The number of nitrogens with two attached hydrogens (primary N) is 1. The Kier molecular flexibility index (Phi) is 20.6. The van der Waals surface area contributed by atoms with Crippen LogP contribution in [0.2, 0.25) is 0 Å². The molecule has 1 heterocycles. The van der Waals surface area contributed by atoms with Crippen LogP contribution in [0.15, 0.2) is 0 Å². The quantitative estimate of drug-likeness (QED) is 0.162. The third kappa shape index (κ3) is 15.9. The van der Waals surface area contributed by atoms with Gasteiger partial charge >= 0.3 is 0 Å². The van der Waals surface area contributed by atoms with Gasteiger partial charge < -0.3 is 44.2 Å². The highest BCUT2D eigenvalue weighted by molar-refractivity contribution is 5.77. The molecule has 0 aromatic carbocycles. The molecular weight excluding hydrogens is 522 g/mol. The molecular formula is C27H51N5O8. The van der Waals surface area contributed by atoms with Gasteiger partial charge in [-0.05, 0) is 25.7 Å². The minimum atomic E-state index is -0.250. The van der Waals surface area contributed by atoms with E-state index in [2.05, 4.69) is 22.6 Å². The van der Waals surface area contributed by atoms with Crippen molar-refractivity contribution < 1.29 is 38.0 Å². The van der Waals surface area contributed by atoms with Crippen molar-refractivity contribution in [2.75, 3.05) is 99.0 Å². The van der Waals surface area contributed by atoms with Crippen molar-refractivity contribution in [1.82, 2.24) is 20.3 Å². The van der Waals surface area contributed by atoms with Gasteiger partial charge in [-0.2, -0.15) is 0 Å². The molecule has 1 aliphatic carbocycles. The van der Waals surface area contributed by atoms with E-state index >= 15 is 0 Å². The number of hydrogen-bond donors (Lipinski definition) is 2. The second-order valence-corrected chi connectivity index (χ2v) is 9.36. The minimum absolute atomic E-state index is 0.0296. The zero-order valence-electron chi connectivity index (χ0n) is 24.3. The highest BCUT2D eigenvalue weighted by Crippen LogP contribution is 2.29. The van der Waals surface area contributed by atoms with E-state index in [0.717, 1.165) is 56.5 Å². The van der Waals surface area contributed by atoms with Crippen molar-refractivity contribution in [2.45, 2.75) is 58.1 Å². The van der Waals surface area contributed by atoms with Crippen molar-refractivity contribution in [1.29, 1.82) is 0 Å². The number of hydrogen-bond acceptors (Lipinski definition) is 11. The molecule has 13 nitrogen and oxygen atoms in total. The van der Waals surface area contributed by atoms with Gasteiger partial charge in [0.15, 0.2) is 0 Å². The van der Waals surface area contributed by atoms with Crippen molar-refractivity contribution in [3.8, 4) is 0 Å². The van der Waals surface area contributed by atoms with E-state index in [1.54, 1.807) is 0 Å². The first-order valence-electron chi connectivity index (χ1n) is 14.7. The van der Waals surface area contributed by atoms with Crippen LogP contribution in [0.4, 0.5) is 0 Å². The second-order valence-electron chi connectivity index (χ2n) is 9.36. The highest BCUT2D eigenvalue weighted by Gasteiger charge is 2.25. The molecule has 232 valence electrons. The van der Waals surface area contributed by atoms with Gasteiger partial charge in [-0.1, -0.05) is 25.0 Å². The summed E-state index contributed by atoms with van der Waals surface area (Å²) in [4.78, 5) is 12.3. The van der Waals surface area contributed by atoms with E-state index in [-0.39, 0.29) is 18.6 Å². The fourth-order valence-corrected chi connectivity index (χ4v) is 4.08. The summed E-state index contributed by atoms with van der Waals surface area (Å²) < 4.78 is 40.6. The van der Waals surface area contributed by atoms with E-state index in [4.69, 9.17) is 38.9 Å². The maximum Gasteiger partial charge on any atom is 0.246 e. The molecule has 1 aromatic heterocycles. The number of carbonyl (C=O) groups excluding carboxylic acids is 1. The standard InChI is InChI=1S/C27H51N5O8/c1-2-11-34-15-19-38-21-17-36-13-9-29-26(33)23-40-25-7-5-3-4-6-24-27(25)30-31-32(24)10-14-37-18-22-39-20-16-35-12-8-28/h25H,2-23,28H2,1H3,(H,29,33). The predicted molar refractivity (Wildman–Crippen MR) is 148 cm³/mol. The Morgan fingerprint density at radius 3 is 2.15 bits per heavy atom. The van der Waals surface area contributed by atoms with Crippen LogP contribution in [0.3, 0.4) is 0 Å². The normalized spacial score (nSPS) is 15.5. The lowest BCUT2D eigenvalue weighted by atomic mass is 9.99. The Labute approximate surface area is 238 Å². The van der Waals surface area contributed by atoms with Gasteiger partial charge in [-0.3, -0.25) is 4.79 Å². The molecule has 1 atom stereocenters. The molecule has 1 unspecified atom stereocenters. The summed E-state index contributed by atoms with van der Waals surface area (Å²) in [6.07, 6.45) is 5.66. The zero-order chi connectivity index (χ0) is 28.5. The van der Waals surface area contributed by atoms with Gasteiger partial charge in [-0.15, -0.1) is 5.10 Å². The second kappa shape index (κ2) is 23.9. The van der Waals surface area contributed by atoms with Crippen LogP contribution in [-0.2, 0) is 50.9 Å². The van der Waals surface area contributed by atoms with Crippen molar-refractivity contribution in [3.05, 3.63) is 11.4 Å². The first kappa shape index (κ1) is 34.5. The molecule has 0 saturated heterocycles. The number of fused-ring (bicyclic) bond motifs is 1. The lowest BCUT2D eigenvalue weighted by molar-refractivity contribution is -0.128. The number of rotatable bonds is 25. The molecule has 0 fully saturated rings. The molecule has 0 aliphatic heterocycles. The Hall–Kier alpha value is -1.71. The van der Waals surface area contributed by atoms with E-state index in [9.17, 15) is 4.79 Å². The SMILES string of the molecule is CCCOCCOCCOCCNC(=O)COC1CCCCCc2c1nnn2CCOCCOCCOCCN. The average molecular weight is 574 g/mol. The molecule has 1 aromatic rings. The molecule has 0 radical (unpaired) electrons. The number of amides is 1. The Morgan fingerprint density at radius 2 is 1.48 bits per heavy atom. The number of nitrogens with one attached hydrogen (secondary N) is 1. The monoisotopic (exact) mass is 573 g/mol. The summed E-state index contributed by atoms with van der Waals surface area (Å²) in [5, 5.41) is 11.6. The average Bonchev–Trinajstić information content (AvgIpc) is 3.34. The van der Waals surface area contributed by atoms with Gasteiger partial charge in [0.1, 0.15) is 18.4 Å².